The van der Waals surface area contributed by atoms with Crippen LogP contribution < -0.4 is 5.73 Å². The SMILES string of the molecule is CN(Cc1ccncc1)CC(N)c1ccccc1. The van der Waals surface area contributed by atoms with Gasteiger partial charge in [0.15, 0.2) is 0 Å². The zero-order valence-electron chi connectivity index (χ0n) is 10.7. The van der Waals surface area contributed by atoms with E-state index in [0.717, 1.165) is 13.1 Å². The number of hydrogen-bond acceptors (Lipinski definition) is 3. The van der Waals surface area contributed by atoms with E-state index in [1.807, 2.05) is 42.7 Å². The normalized spacial score (nSPS) is 12.6. The molecular weight excluding hydrogens is 222 g/mol. The van der Waals surface area contributed by atoms with Gasteiger partial charge >= 0.3 is 0 Å². The zero-order chi connectivity index (χ0) is 12.8. The van der Waals surface area contributed by atoms with Gasteiger partial charge in [0.1, 0.15) is 0 Å². The second-order valence-corrected chi connectivity index (χ2v) is 4.57. The van der Waals surface area contributed by atoms with E-state index in [2.05, 4.69) is 29.1 Å². The van der Waals surface area contributed by atoms with E-state index in [4.69, 9.17) is 5.73 Å². The summed E-state index contributed by atoms with van der Waals surface area (Å²) in [5, 5.41) is 0. The summed E-state index contributed by atoms with van der Waals surface area (Å²) in [6.45, 7) is 1.73. The minimum absolute atomic E-state index is 0.0537. The molecule has 0 saturated heterocycles. The summed E-state index contributed by atoms with van der Waals surface area (Å²) >= 11 is 0. The summed E-state index contributed by atoms with van der Waals surface area (Å²) in [5.41, 5.74) is 8.63. The summed E-state index contributed by atoms with van der Waals surface area (Å²) in [6, 6.07) is 14.3. The van der Waals surface area contributed by atoms with Gasteiger partial charge in [-0.2, -0.15) is 0 Å². The van der Waals surface area contributed by atoms with E-state index >= 15 is 0 Å². The van der Waals surface area contributed by atoms with Crippen LogP contribution in [0.5, 0.6) is 0 Å². The largest absolute Gasteiger partial charge is 0.323 e. The van der Waals surface area contributed by atoms with Gasteiger partial charge in [0.25, 0.3) is 0 Å². The second kappa shape index (κ2) is 6.28. The number of rotatable bonds is 5. The average molecular weight is 241 g/mol. The van der Waals surface area contributed by atoms with Crippen LogP contribution in [0.4, 0.5) is 0 Å². The number of pyridine rings is 1. The predicted octanol–water partition coefficient (Wildman–Crippen LogP) is 2.21. The van der Waals surface area contributed by atoms with Crippen molar-refractivity contribution in [1.29, 1.82) is 0 Å². The van der Waals surface area contributed by atoms with E-state index in [1.54, 1.807) is 0 Å². The van der Waals surface area contributed by atoms with E-state index < -0.39 is 0 Å². The molecular formula is C15H19N3. The van der Waals surface area contributed by atoms with E-state index in [9.17, 15) is 0 Å². The molecule has 2 rings (SSSR count). The maximum Gasteiger partial charge on any atom is 0.0424 e. The van der Waals surface area contributed by atoms with Crippen LogP contribution >= 0.6 is 0 Å². The van der Waals surface area contributed by atoms with E-state index in [-0.39, 0.29) is 6.04 Å². The summed E-state index contributed by atoms with van der Waals surface area (Å²) in [5.74, 6) is 0. The highest BCUT2D eigenvalue weighted by molar-refractivity contribution is 5.18. The van der Waals surface area contributed by atoms with Crippen molar-refractivity contribution >= 4 is 0 Å². The fourth-order valence-corrected chi connectivity index (χ4v) is 2.01. The Labute approximate surface area is 108 Å². The summed E-state index contributed by atoms with van der Waals surface area (Å²) in [6.07, 6.45) is 3.64. The Morgan fingerprint density at radius 2 is 1.78 bits per heavy atom. The van der Waals surface area contributed by atoms with Crippen molar-refractivity contribution in [3.05, 3.63) is 66.0 Å². The zero-order valence-corrected chi connectivity index (χ0v) is 10.7. The molecule has 3 heteroatoms. The first-order chi connectivity index (χ1) is 8.75. The van der Waals surface area contributed by atoms with Crippen molar-refractivity contribution in [2.75, 3.05) is 13.6 Å². The number of benzene rings is 1. The standard InChI is InChI=1S/C15H19N3/c1-18(11-13-7-9-17-10-8-13)12-15(16)14-5-3-2-4-6-14/h2-10,15H,11-12,16H2,1H3. The fourth-order valence-electron chi connectivity index (χ4n) is 2.01. The highest BCUT2D eigenvalue weighted by Crippen LogP contribution is 2.11. The van der Waals surface area contributed by atoms with Gasteiger partial charge in [-0.25, -0.2) is 0 Å². The molecule has 0 spiro atoms. The first kappa shape index (κ1) is 12.7. The number of nitrogens with two attached hydrogens (primary N) is 1. The lowest BCUT2D eigenvalue weighted by Crippen LogP contribution is -2.28. The van der Waals surface area contributed by atoms with Gasteiger partial charge in [-0.05, 0) is 30.3 Å². The van der Waals surface area contributed by atoms with Crippen molar-refractivity contribution in [3.8, 4) is 0 Å². The van der Waals surface area contributed by atoms with Crippen molar-refractivity contribution in [3.63, 3.8) is 0 Å². The van der Waals surface area contributed by atoms with Crippen molar-refractivity contribution in [2.45, 2.75) is 12.6 Å². The summed E-state index contributed by atoms with van der Waals surface area (Å²) in [4.78, 5) is 6.25. The Balaban J connectivity index is 1.90. The number of hydrogen-bond donors (Lipinski definition) is 1. The van der Waals surface area contributed by atoms with Crippen LogP contribution in [0.1, 0.15) is 17.2 Å². The monoisotopic (exact) mass is 241 g/mol. The highest BCUT2D eigenvalue weighted by Gasteiger charge is 2.09. The van der Waals surface area contributed by atoms with Crippen molar-refractivity contribution < 1.29 is 0 Å². The van der Waals surface area contributed by atoms with Gasteiger partial charge in [-0.15, -0.1) is 0 Å². The van der Waals surface area contributed by atoms with Crippen LogP contribution in [-0.4, -0.2) is 23.5 Å². The second-order valence-electron chi connectivity index (χ2n) is 4.57. The van der Waals surface area contributed by atoms with Crippen LogP contribution in [0.15, 0.2) is 54.9 Å². The van der Waals surface area contributed by atoms with E-state index in [1.165, 1.54) is 11.1 Å². The Kier molecular flexibility index (Phi) is 4.45. The molecule has 18 heavy (non-hydrogen) atoms. The van der Waals surface area contributed by atoms with Crippen molar-refractivity contribution in [2.24, 2.45) is 5.73 Å². The first-order valence-electron chi connectivity index (χ1n) is 6.13. The van der Waals surface area contributed by atoms with Crippen LogP contribution in [-0.2, 0) is 6.54 Å². The Bertz CT molecular complexity index is 456. The highest BCUT2D eigenvalue weighted by atomic mass is 15.1. The maximum absolute atomic E-state index is 6.20. The lowest BCUT2D eigenvalue weighted by atomic mass is 10.1. The molecule has 0 radical (unpaired) electrons. The molecule has 0 amide bonds. The van der Waals surface area contributed by atoms with Crippen molar-refractivity contribution in [1.82, 2.24) is 9.88 Å². The molecule has 1 aromatic heterocycles. The molecule has 0 aliphatic rings. The molecule has 0 bridgehead atoms. The Morgan fingerprint density at radius 1 is 1.11 bits per heavy atom. The van der Waals surface area contributed by atoms with Crippen LogP contribution in [0, 0.1) is 0 Å². The lowest BCUT2D eigenvalue weighted by molar-refractivity contribution is 0.305. The van der Waals surface area contributed by atoms with E-state index in [0.29, 0.717) is 0 Å². The predicted molar refractivity (Wildman–Crippen MR) is 73.9 cm³/mol. The van der Waals surface area contributed by atoms with Crippen LogP contribution in [0.3, 0.4) is 0 Å². The molecule has 2 N–H and O–H groups in total. The molecule has 1 unspecified atom stereocenters. The molecule has 0 aliphatic heterocycles. The van der Waals surface area contributed by atoms with Gasteiger partial charge < -0.3 is 10.6 Å². The summed E-state index contributed by atoms with van der Waals surface area (Å²) < 4.78 is 0. The molecule has 0 aliphatic carbocycles. The molecule has 2 aromatic rings. The minimum Gasteiger partial charge on any atom is -0.323 e. The first-order valence-corrected chi connectivity index (χ1v) is 6.13. The molecule has 1 atom stereocenters. The smallest absolute Gasteiger partial charge is 0.0424 e. The van der Waals surface area contributed by atoms with Gasteiger partial charge in [0.05, 0.1) is 0 Å². The fraction of sp³-hybridized carbons (Fsp3) is 0.267. The Morgan fingerprint density at radius 3 is 2.44 bits per heavy atom. The molecule has 1 aromatic carbocycles. The molecule has 0 saturated carbocycles. The van der Waals surface area contributed by atoms with Gasteiger partial charge in [-0.3, -0.25) is 4.98 Å². The van der Waals surface area contributed by atoms with Gasteiger partial charge in [0, 0.05) is 31.5 Å². The third-order valence-electron chi connectivity index (χ3n) is 2.94. The van der Waals surface area contributed by atoms with Gasteiger partial charge in [0.2, 0.25) is 0 Å². The van der Waals surface area contributed by atoms with Gasteiger partial charge in [-0.1, -0.05) is 30.3 Å². The third-order valence-corrected chi connectivity index (χ3v) is 2.94. The quantitative estimate of drug-likeness (QED) is 0.872. The molecule has 1 heterocycles. The third kappa shape index (κ3) is 3.65. The van der Waals surface area contributed by atoms with Crippen LogP contribution in [0.2, 0.25) is 0 Å². The number of nitrogens with zero attached hydrogens (tertiary/aromatic N) is 2. The Hall–Kier alpha value is -1.71. The molecule has 3 nitrogen and oxygen atoms in total. The molecule has 0 fully saturated rings. The van der Waals surface area contributed by atoms with Crippen LogP contribution in [0.25, 0.3) is 0 Å². The minimum atomic E-state index is 0.0537. The average Bonchev–Trinajstić information content (AvgIpc) is 2.40. The number of aromatic nitrogens is 1. The topological polar surface area (TPSA) is 42.2 Å². The summed E-state index contributed by atoms with van der Waals surface area (Å²) in [7, 11) is 2.09. The lowest BCUT2D eigenvalue weighted by Gasteiger charge is -2.21. The number of likely N-dealkylation sites (N-methyl/N-ethyl adjacent to an activating group) is 1. The maximum atomic E-state index is 6.20. The molecule has 94 valence electrons.